The molecule has 2 saturated heterocycles. The van der Waals surface area contributed by atoms with E-state index >= 15 is 0 Å². The van der Waals surface area contributed by atoms with Gasteiger partial charge in [-0.05, 0) is 37.9 Å². The molecule has 25 heavy (non-hydrogen) atoms. The molecule has 6 heteroatoms. The summed E-state index contributed by atoms with van der Waals surface area (Å²) in [6, 6.07) is 4.09. The number of pyridine rings is 1. The second-order valence-corrected chi connectivity index (χ2v) is 7.19. The van der Waals surface area contributed by atoms with Gasteiger partial charge in [-0.2, -0.15) is 0 Å². The molecule has 0 aliphatic carbocycles. The van der Waals surface area contributed by atoms with Gasteiger partial charge >= 0.3 is 0 Å². The number of hydrogen-bond acceptors (Lipinski definition) is 5. The Bertz CT molecular complexity index is 881. The van der Waals surface area contributed by atoms with Crippen LogP contribution in [-0.2, 0) is 0 Å². The fourth-order valence-electron chi connectivity index (χ4n) is 4.41. The van der Waals surface area contributed by atoms with Crippen LogP contribution in [0.25, 0.3) is 22.3 Å². The number of anilines is 1. The monoisotopic (exact) mass is 334 g/mol. The number of nitrogens with one attached hydrogen (secondary N) is 2. The minimum atomic E-state index is 0.291. The molecule has 1 spiro atoms. The maximum Gasteiger partial charge on any atom is 0.140 e. The molecular weight excluding hydrogens is 312 g/mol. The van der Waals surface area contributed by atoms with Gasteiger partial charge in [0, 0.05) is 42.8 Å². The van der Waals surface area contributed by atoms with Crippen LogP contribution in [0.3, 0.4) is 0 Å². The molecular formula is C19H22N6. The van der Waals surface area contributed by atoms with E-state index in [0.717, 1.165) is 41.9 Å². The summed E-state index contributed by atoms with van der Waals surface area (Å²) in [5, 5.41) is 4.96. The van der Waals surface area contributed by atoms with Crippen LogP contribution >= 0.6 is 0 Å². The minimum absolute atomic E-state index is 0.291. The summed E-state index contributed by atoms with van der Waals surface area (Å²) < 4.78 is 0. The van der Waals surface area contributed by atoms with Crippen molar-refractivity contribution < 1.29 is 0 Å². The fourth-order valence-corrected chi connectivity index (χ4v) is 4.41. The van der Waals surface area contributed by atoms with Gasteiger partial charge in [0.05, 0.1) is 16.8 Å². The molecule has 2 aliphatic heterocycles. The molecule has 0 amide bonds. The highest BCUT2D eigenvalue weighted by Crippen LogP contribution is 2.38. The quantitative estimate of drug-likeness (QED) is 0.754. The van der Waals surface area contributed by atoms with Gasteiger partial charge in [0.1, 0.15) is 12.0 Å². The van der Waals surface area contributed by atoms with Crippen molar-refractivity contribution in [2.24, 2.45) is 0 Å². The first-order valence-electron chi connectivity index (χ1n) is 9.07. The van der Waals surface area contributed by atoms with Crippen LogP contribution < -0.4 is 10.2 Å². The lowest BCUT2D eigenvalue weighted by atomic mass is 9.88. The van der Waals surface area contributed by atoms with Crippen LogP contribution in [0.1, 0.15) is 25.7 Å². The van der Waals surface area contributed by atoms with Crippen LogP contribution in [-0.4, -0.2) is 45.1 Å². The van der Waals surface area contributed by atoms with E-state index in [1.165, 1.54) is 31.4 Å². The Morgan fingerprint density at radius 2 is 2.08 bits per heavy atom. The molecule has 5 rings (SSSR count). The maximum absolute atomic E-state index is 4.52. The van der Waals surface area contributed by atoms with Crippen LogP contribution in [0.4, 0.5) is 5.69 Å². The number of fused-ring (bicyclic) bond motifs is 1. The van der Waals surface area contributed by atoms with E-state index in [4.69, 9.17) is 0 Å². The summed E-state index contributed by atoms with van der Waals surface area (Å²) >= 11 is 0. The first-order valence-corrected chi connectivity index (χ1v) is 9.07. The summed E-state index contributed by atoms with van der Waals surface area (Å²) in [7, 11) is 0. The second-order valence-electron chi connectivity index (χ2n) is 7.19. The van der Waals surface area contributed by atoms with Gasteiger partial charge in [0.15, 0.2) is 0 Å². The van der Waals surface area contributed by atoms with E-state index in [1.807, 2.05) is 18.5 Å². The third-order valence-corrected chi connectivity index (χ3v) is 5.69. The third-order valence-electron chi connectivity index (χ3n) is 5.69. The molecule has 128 valence electrons. The summed E-state index contributed by atoms with van der Waals surface area (Å²) in [4.78, 5) is 18.8. The number of aromatic amines is 1. The minimum Gasteiger partial charge on any atom is -0.369 e. The van der Waals surface area contributed by atoms with E-state index < -0.39 is 0 Å². The molecule has 2 fully saturated rings. The van der Waals surface area contributed by atoms with E-state index in [2.05, 4.69) is 36.2 Å². The van der Waals surface area contributed by atoms with Gasteiger partial charge in [-0.3, -0.25) is 0 Å². The van der Waals surface area contributed by atoms with E-state index in [0.29, 0.717) is 5.54 Å². The zero-order valence-corrected chi connectivity index (χ0v) is 14.2. The van der Waals surface area contributed by atoms with Gasteiger partial charge < -0.3 is 15.2 Å². The average molecular weight is 334 g/mol. The highest BCUT2D eigenvalue weighted by Gasteiger charge is 2.39. The molecule has 0 bridgehead atoms. The molecule has 1 unspecified atom stereocenters. The molecule has 1 atom stereocenters. The standard InChI is InChI=1S/C19H22N6/c1-2-7-24-19(5-1)6-10-25(12-19)16-4-9-21-18-17(16)14(11-22-18)15-3-8-20-13-23-15/h3-4,8-9,11,13,24H,1-2,5-7,10,12H2,(H,21,22). The smallest absolute Gasteiger partial charge is 0.140 e. The number of nitrogens with zero attached hydrogens (tertiary/aromatic N) is 4. The first kappa shape index (κ1) is 14.8. The van der Waals surface area contributed by atoms with E-state index in [1.54, 1.807) is 12.5 Å². The number of H-pyrrole nitrogens is 1. The van der Waals surface area contributed by atoms with Crippen molar-refractivity contribution in [1.29, 1.82) is 0 Å². The molecule has 6 nitrogen and oxygen atoms in total. The lowest BCUT2D eigenvalue weighted by Crippen LogP contribution is -2.50. The zero-order chi connectivity index (χ0) is 16.7. The lowest BCUT2D eigenvalue weighted by molar-refractivity contribution is 0.280. The molecule has 0 radical (unpaired) electrons. The molecule has 5 heterocycles. The van der Waals surface area contributed by atoms with Crippen LogP contribution in [0.2, 0.25) is 0 Å². The zero-order valence-electron chi connectivity index (χ0n) is 14.2. The van der Waals surface area contributed by atoms with Crippen molar-refractivity contribution in [3.05, 3.63) is 37.1 Å². The third kappa shape index (κ3) is 2.48. The van der Waals surface area contributed by atoms with Crippen molar-refractivity contribution in [3.8, 4) is 11.3 Å². The number of piperidine rings is 1. The SMILES string of the molecule is c1cc(-c2c[nH]c3nccc(N4CCC5(CCCCN5)C4)c23)ncn1. The molecule has 0 aromatic carbocycles. The average Bonchev–Trinajstić information content (AvgIpc) is 3.28. The van der Waals surface area contributed by atoms with Crippen LogP contribution in [0.15, 0.2) is 37.1 Å². The van der Waals surface area contributed by atoms with Gasteiger partial charge in [0.25, 0.3) is 0 Å². The van der Waals surface area contributed by atoms with Gasteiger partial charge in [-0.25, -0.2) is 15.0 Å². The lowest BCUT2D eigenvalue weighted by Gasteiger charge is -2.35. The predicted octanol–water partition coefficient (Wildman–Crippen LogP) is 2.74. The van der Waals surface area contributed by atoms with Crippen molar-refractivity contribution in [1.82, 2.24) is 25.3 Å². The largest absolute Gasteiger partial charge is 0.369 e. The van der Waals surface area contributed by atoms with E-state index in [9.17, 15) is 0 Å². The number of rotatable bonds is 2. The topological polar surface area (TPSA) is 69.7 Å². The number of aromatic nitrogens is 4. The molecule has 3 aromatic heterocycles. The summed E-state index contributed by atoms with van der Waals surface area (Å²) in [6.45, 7) is 3.30. The van der Waals surface area contributed by atoms with Crippen LogP contribution in [0, 0.1) is 0 Å². The number of hydrogen-bond donors (Lipinski definition) is 2. The second kappa shape index (κ2) is 5.81. The molecule has 2 aliphatic rings. The van der Waals surface area contributed by atoms with Gasteiger partial charge in [-0.1, -0.05) is 6.42 Å². The Hall–Kier alpha value is -2.47. The van der Waals surface area contributed by atoms with E-state index in [-0.39, 0.29) is 0 Å². The Kier molecular flexibility index (Phi) is 3.45. The summed E-state index contributed by atoms with van der Waals surface area (Å²) in [5.74, 6) is 0. The van der Waals surface area contributed by atoms with Crippen molar-refractivity contribution in [2.75, 3.05) is 24.5 Å². The first-order chi connectivity index (χ1) is 12.3. The fraction of sp³-hybridized carbons (Fsp3) is 0.421. The summed E-state index contributed by atoms with van der Waals surface area (Å²) in [5.41, 5.74) is 4.49. The van der Waals surface area contributed by atoms with Crippen molar-refractivity contribution >= 4 is 16.7 Å². The van der Waals surface area contributed by atoms with Crippen molar-refractivity contribution in [3.63, 3.8) is 0 Å². The van der Waals surface area contributed by atoms with Crippen LogP contribution in [0.5, 0.6) is 0 Å². The van der Waals surface area contributed by atoms with Crippen molar-refractivity contribution in [2.45, 2.75) is 31.2 Å². The molecule has 2 N–H and O–H groups in total. The Morgan fingerprint density at radius 3 is 2.92 bits per heavy atom. The highest BCUT2D eigenvalue weighted by atomic mass is 15.2. The Balaban J connectivity index is 1.57. The highest BCUT2D eigenvalue weighted by molar-refractivity contribution is 6.02. The predicted molar refractivity (Wildman–Crippen MR) is 98.5 cm³/mol. The van der Waals surface area contributed by atoms with Gasteiger partial charge in [0.2, 0.25) is 0 Å². The van der Waals surface area contributed by atoms with Gasteiger partial charge in [-0.15, -0.1) is 0 Å². The summed E-state index contributed by atoms with van der Waals surface area (Å²) in [6.07, 6.45) is 12.4. The normalized spacial score (nSPS) is 23.6. The Morgan fingerprint density at radius 1 is 1.08 bits per heavy atom. The maximum atomic E-state index is 4.52. The Labute approximate surface area is 146 Å². The molecule has 3 aromatic rings. The molecule has 0 saturated carbocycles.